The van der Waals surface area contributed by atoms with Crippen LogP contribution in [0, 0.1) is 19.7 Å². The molecule has 1 heterocycles. The summed E-state index contributed by atoms with van der Waals surface area (Å²) in [7, 11) is -2.20. The molecule has 4 nitrogen and oxygen atoms in total. The minimum absolute atomic E-state index is 0.00982. The van der Waals surface area contributed by atoms with Crippen molar-refractivity contribution in [2.75, 3.05) is 12.8 Å². The zero-order valence-electron chi connectivity index (χ0n) is 12.1. The van der Waals surface area contributed by atoms with Gasteiger partial charge in [-0.2, -0.15) is 4.31 Å². The Kier molecular flexibility index (Phi) is 4.36. The highest BCUT2D eigenvalue weighted by Gasteiger charge is 2.23. The number of nitrogens with zero attached hydrogens (tertiary/aromatic N) is 1. The van der Waals surface area contributed by atoms with Crippen LogP contribution in [0.1, 0.15) is 16.0 Å². The Labute approximate surface area is 128 Å². The molecule has 0 aliphatic heterocycles. The standard InChI is InChI=1S/C14H17FN2O2S2/c1-9-4-5-20-13(9)8-17(3)21(18,19)11-6-10(2)14(15)12(16)7-11/h4-7H,8,16H2,1-3H3. The molecule has 0 spiro atoms. The Balaban J connectivity index is 2.35. The Hall–Kier alpha value is -1.44. The average molecular weight is 328 g/mol. The molecule has 1 aromatic heterocycles. The van der Waals surface area contributed by atoms with E-state index in [4.69, 9.17) is 5.73 Å². The third kappa shape index (κ3) is 3.09. The third-order valence-electron chi connectivity index (χ3n) is 3.30. The molecule has 0 unspecified atom stereocenters. The van der Waals surface area contributed by atoms with E-state index in [0.717, 1.165) is 16.5 Å². The smallest absolute Gasteiger partial charge is 0.243 e. The summed E-state index contributed by atoms with van der Waals surface area (Å²) in [6.45, 7) is 3.71. The molecule has 0 aliphatic rings. The van der Waals surface area contributed by atoms with Crippen LogP contribution in [0.25, 0.3) is 0 Å². The number of hydrogen-bond acceptors (Lipinski definition) is 4. The fourth-order valence-corrected chi connectivity index (χ4v) is 4.25. The molecule has 7 heteroatoms. The van der Waals surface area contributed by atoms with Gasteiger partial charge in [-0.05, 0) is 48.6 Å². The Morgan fingerprint density at radius 3 is 2.48 bits per heavy atom. The van der Waals surface area contributed by atoms with Gasteiger partial charge < -0.3 is 5.73 Å². The van der Waals surface area contributed by atoms with E-state index < -0.39 is 15.8 Å². The number of nitrogen functional groups attached to an aromatic ring is 1. The van der Waals surface area contributed by atoms with Crippen LogP contribution in [-0.4, -0.2) is 19.8 Å². The monoisotopic (exact) mass is 328 g/mol. The first-order valence-electron chi connectivity index (χ1n) is 6.28. The zero-order valence-corrected chi connectivity index (χ0v) is 13.7. The quantitative estimate of drug-likeness (QED) is 0.878. The van der Waals surface area contributed by atoms with Gasteiger partial charge in [0, 0.05) is 18.5 Å². The number of thiophene rings is 1. The van der Waals surface area contributed by atoms with Gasteiger partial charge in [0.2, 0.25) is 10.0 Å². The van der Waals surface area contributed by atoms with E-state index in [0.29, 0.717) is 0 Å². The first-order valence-corrected chi connectivity index (χ1v) is 8.60. The molecule has 0 saturated heterocycles. The van der Waals surface area contributed by atoms with Crippen LogP contribution in [0.3, 0.4) is 0 Å². The second-order valence-corrected chi connectivity index (χ2v) is 7.98. The normalized spacial score (nSPS) is 12.0. The fraction of sp³-hybridized carbons (Fsp3) is 0.286. The van der Waals surface area contributed by atoms with Gasteiger partial charge in [-0.15, -0.1) is 11.3 Å². The summed E-state index contributed by atoms with van der Waals surface area (Å²) in [5, 5.41) is 1.92. The lowest BCUT2D eigenvalue weighted by atomic mass is 10.2. The maximum absolute atomic E-state index is 13.5. The van der Waals surface area contributed by atoms with E-state index >= 15 is 0 Å². The second kappa shape index (κ2) is 5.75. The highest BCUT2D eigenvalue weighted by atomic mass is 32.2. The number of sulfonamides is 1. The maximum atomic E-state index is 13.5. The van der Waals surface area contributed by atoms with Gasteiger partial charge in [0.05, 0.1) is 10.6 Å². The fourth-order valence-electron chi connectivity index (χ4n) is 1.94. The van der Waals surface area contributed by atoms with Crippen LogP contribution < -0.4 is 5.73 Å². The second-order valence-electron chi connectivity index (χ2n) is 4.93. The average Bonchev–Trinajstić information content (AvgIpc) is 2.80. The number of nitrogens with two attached hydrogens (primary N) is 1. The molecule has 0 radical (unpaired) electrons. The molecule has 0 fully saturated rings. The van der Waals surface area contributed by atoms with Gasteiger partial charge in [0.1, 0.15) is 5.82 Å². The minimum atomic E-state index is -3.70. The van der Waals surface area contributed by atoms with Gasteiger partial charge in [0.25, 0.3) is 0 Å². The molecule has 0 bridgehead atoms. The summed E-state index contributed by atoms with van der Waals surface area (Å²) in [4.78, 5) is 0.989. The number of halogens is 1. The minimum Gasteiger partial charge on any atom is -0.396 e. The summed E-state index contributed by atoms with van der Waals surface area (Å²) >= 11 is 1.51. The Bertz CT molecular complexity index is 746. The number of anilines is 1. The van der Waals surface area contributed by atoms with E-state index in [1.165, 1.54) is 35.7 Å². The Morgan fingerprint density at radius 2 is 1.95 bits per heavy atom. The molecular weight excluding hydrogens is 311 g/mol. The van der Waals surface area contributed by atoms with Crippen LogP contribution in [0.15, 0.2) is 28.5 Å². The highest BCUT2D eigenvalue weighted by molar-refractivity contribution is 7.89. The van der Waals surface area contributed by atoms with E-state index in [1.807, 2.05) is 18.4 Å². The van der Waals surface area contributed by atoms with Crippen molar-refractivity contribution in [3.05, 3.63) is 45.4 Å². The van der Waals surface area contributed by atoms with Crippen molar-refractivity contribution in [3.8, 4) is 0 Å². The van der Waals surface area contributed by atoms with Gasteiger partial charge in [-0.25, -0.2) is 12.8 Å². The summed E-state index contributed by atoms with van der Waals surface area (Å²) in [6, 6.07) is 4.41. The lowest BCUT2D eigenvalue weighted by Gasteiger charge is -2.18. The van der Waals surface area contributed by atoms with Crippen molar-refractivity contribution in [3.63, 3.8) is 0 Å². The van der Waals surface area contributed by atoms with Crippen LogP contribution in [-0.2, 0) is 16.6 Å². The van der Waals surface area contributed by atoms with E-state index in [1.54, 1.807) is 0 Å². The van der Waals surface area contributed by atoms with Crippen molar-refractivity contribution in [1.29, 1.82) is 0 Å². The van der Waals surface area contributed by atoms with E-state index in [9.17, 15) is 12.8 Å². The van der Waals surface area contributed by atoms with Crippen molar-refractivity contribution < 1.29 is 12.8 Å². The first kappa shape index (κ1) is 15.9. The summed E-state index contributed by atoms with van der Waals surface area (Å²) in [6.07, 6.45) is 0. The van der Waals surface area contributed by atoms with Gasteiger partial charge in [-0.3, -0.25) is 0 Å². The van der Waals surface area contributed by atoms with E-state index in [2.05, 4.69) is 0 Å². The van der Waals surface area contributed by atoms with Crippen LogP contribution in [0.4, 0.5) is 10.1 Å². The molecule has 0 saturated carbocycles. The number of benzene rings is 1. The molecule has 114 valence electrons. The Morgan fingerprint density at radius 1 is 1.29 bits per heavy atom. The zero-order chi connectivity index (χ0) is 15.8. The van der Waals surface area contributed by atoms with Gasteiger partial charge in [0.15, 0.2) is 0 Å². The molecule has 0 atom stereocenters. The molecule has 21 heavy (non-hydrogen) atoms. The predicted octanol–water partition coefficient (Wildman–Crippen LogP) is 2.91. The molecular formula is C14H17FN2O2S2. The highest BCUT2D eigenvalue weighted by Crippen LogP contribution is 2.25. The molecule has 2 N–H and O–H groups in total. The summed E-state index contributed by atoms with van der Waals surface area (Å²) in [5.41, 5.74) is 6.63. The molecule has 1 aromatic carbocycles. The maximum Gasteiger partial charge on any atom is 0.243 e. The van der Waals surface area contributed by atoms with E-state index in [-0.39, 0.29) is 22.7 Å². The SMILES string of the molecule is Cc1ccsc1CN(C)S(=O)(=O)c1cc(C)c(F)c(N)c1. The predicted molar refractivity (Wildman–Crippen MR) is 83.3 cm³/mol. The summed E-state index contributed by atoms with van der Waals surface area (Å²) < 4.78 is 39.9. The topological polar surface area (TPSA) is 63.4 Å². The number of aryl methyl sites for hydroxylation is 2. The lowest BCUT2D eigenvalue weighted by Crippen LogP contribution is -2.26. The lowest BCUT2D eigenvalue weighted by molar-refractivity contribution is 0.469. The number of hydrogen-bond donors (Lipinski definition) is 1. The van der Waals surface area contributed by atoms with Crippen molar-refractivity contribution >= 4 is 27.0 Å². The molecule has 2 rings (SSSR count). The largest absolute Gasteiger partial charge is 0.396 e. The van der Waals surface area contributed by atoms with Crippen molar-refractivity contribution in [2.45, 2.75) is 25.3 Å². The molecule has 0 amide bonds. The van der Waals surface area contributed by atoms with Crippen LogP contribution >= 0.6 is 11.3 Å². The van der Waals surface area contributed by atoms with Crippen LogP contribution in [0.2, 0.25) is 0 Å². The van der Waals surface area contributed by atoms with Gasteiger partial charge in [-0.1, -0.05) is 0 Å². The molecule has 0 aliphatic carbocycles. The summed E-state index contributed by atoms with van der Waals surface area (Å²) in [5.74, 6) is -0.578. The first-order chi connectivity index (χ1) is 9.73. The third-order valence-corrected chi connectivity index (χ3v) is 6.09. The van der Waals surface area contributed by atoms with Crippen molar-refractivity contribution in [1.82, 2.24) is 4.31 Å². The number of rotatable bonds is 4. The van der Waals surface area contributed by atoms with Gasteiger partial charge >= 0.3 is 0 Å². The van der Waals surface area contributed by atoms with Crippen LogP contribution in [0.5, 0.6) is 0 Å². The molecule has 2 aromatic rings. The van der Waals surface area contributed by atoms with Crippen molar-refractivity contribution in [2.24, 2.45) is 0 Å².